The number of nitrogens with one attached hydrogen (secondary N) is 1. The Morgan fingerprint density at radius 1 is 1.30 bits per heavy atom. The highest BCUT2D eigenvalue weighted by Gasteiger charge is 2.01. The van der Waals surface area contributed by atoms with Gasteiger partial charge in [0.1, 0.15) is 5.82 Å². The number of nitrogens with zero attached hydrogens (tertiary/aromatic N) is 3. The molecule has 6 heteroatoms. The number of hydrogen-bond donors (Lipinski definition) is 1. The fourth-order valence-corrected chi connectivity index (χ4v) is 2.55. The van der Waals surface area contributed by atoms with Crippen LogP contribution in [0.5, 0.6) is 0 Å². The average Bonchev–Trinajstić information content (AvgIpc) is 2.89. The molecule has 1 N–H and O–H groups in total. The van der Waals surface area contributed by atoms with Gasteiger partial charge in [-0.05, 0) is 37.2 Å². The Bertz CT molecular complexity index is 512. The van der Waals surface area contributed by atoms with Gasteiger partial charge in [-0.1, -0.05) is 12.1 Å². The lowest BCUT2D eigenvalue weighted by atomic mass is 10.4. The molecule has 0 saturated heterocycles. The van der Waals surface area contributed by atoms with E-state index in [-0.39, 0.29) is 5.82 Å². The summed E-state index contributed by atoms with van der Waals surface area (Å²) in [6.45, 7) is 4.69. The smallest absolute Gasteiger partial charge is 0.123 e. The van der Waals surface area contributed by atoms with Gasteiger partial charge in [-0.25, -0.2) is 4.39 Å². The van der Waals surface area contributed by atoms with Crippen LogP contribution in [0.1, 0.15) is 19.0 Å². The Morgan fingerprint density at radius 3 is 2.85 bits per heavy atom. The maximum Gasteiger partial charge on any atom is 0.123 e. The van der Waals surface area contributed by atoms with Crippen molar-refractivity contribution in [2.24, 2.45) is 0 Å². The second kappa shape index (κ2) is 8.01. The van der Waals surface area contributed by atoms with Crippen molar-refractivity contribution in [1.82, 2.24) is 20.3 Å². The van der Waals surface area contributed by atoms with Gasteiger partial charge in [0, 0.05) is 23.4 Å². The minimum absolute atomic E-state index is 0.199. The molecular formula is C14H19FN4S. The topological polar surface area (TPSA) is 42.7 Å². The molecule has 0 aliphatic heterocycles. The fraction of sp³-hybridized carbons (Fsp3) is 0.429. The van der Waals surface area contributed by atoms with Crippen molar-refractivity contribution >= 4 is 11.8 Å². The predicted molar refractivity (Wildman–Crippen MR) is 79.1 cm³/mol. The lowest BCUT2D eigenvalue weighted by Crippen LogP contribution is -2.13. The molecular weight excluding hydrogens is 275 g/mol. The van der Waals surface area contributed by atoms with Gasteiger partial charge < -0.3 is 5.32 Å². The summed E-state index contributed by atoms with van der Waals surface area (Å²) in [5, 5.41) is 11.5. The van der Waals surface area contributed by atoms with E-state index in [1.807, 2.05) is 10.9 Å². The second-order valence-corrected chi connectivity index (χ2v) is 5.62. The van der Waals surface area contributed by atoms with Crippen LogP contribution in [0.4, 0.5) is 4.39 Å². The molecule has 2 rings (SSSR count). The number of thioether (sulfide) groups is 1. The lowest BCUT2D eigenvalue weighted by Gasteiger charge is -2.01. The van der Waals surface area contributed by atoms with Crippen molar-refractivity contribution in [1.29, 1.82) is 0 Å². The van der Waals surface area contributed by atoms with Crippen molar-refractivity contribution in [3.8, 4) is 0 Å². The van der Waals surface area contributed by atoms with Crippen molar-refractivity contribution in [3.05, 3.63) is 42.0 Å². The molecule has 0 fully saturated rings. The van der Waals surface area contributed by atoms with E-state index < -0.39 is 0 Å². The highest BCUT2D eigenvalue weighted by Crippen LogP contribution is 2.18. The van der Waals surface area contributed by atoms with Crippen molar-refractivity contribution in [2.45, 2.75) is 31.3 Å². The summed E-state index contributed by atoms with van der Waals surface area (Å²) < 4.78 is 14.6. The molecule has 0 spiro atoms. The lowest BCUT2D eigenvalue weighted by molar-refractivity contribution is 0.626. The van der Waals surface area contributed by atoms with Gasteiger partial charge in [0.15, 0.2) is 0 Å². The molecule has 20 heavy (non-hydrogen) atoms. The summed E-state index contributed by atoms with van der Waals surface area (Å²) in [7, 11) is 0. The molecule has 1 aromatic heterocycles. The molecule has 2 aromatic rings. The van der Waals surface area contributed by atoms with Gasteiger partial charge >= 0.3 is 0 Å². The van der Waals surface area contributed by atoms with E-state index in [0.29, 0.717) is 0 Å². The van der Waals surface area contributed by atoms with Crippen LogP contribution in [0.2, 0.25) is 0 Å². The molecule has 0 unspecified atom stereocenters. The Morgan fingerprint density at radius 2 is 2.10 bits per heavy atom. The van der Waals surface area contributed by atoms with Gasteiger partial charge in [-0.15, -0.1) is 16.9 Å². The van der Waals surface area contributed by atoms with Crippen LogP contribution in [0.25, 0.3) is 0 Å². The summed E-state index contributed by atoms with van der Waals surface area (Å²) >= 11 is 1.68. The van der Waals surface area contributed by atoms with Crippen LogP contribution in [0, 0.1) is 5.82 Å². The highest BCUT2D eigenvalue weighted by atomic mass is 32.2. The molecule has 0 bridgehead atoms. The summed E-state index contributed by atoms with van der Waals surface area (Å²) in [5.74, 6) is 0.687. The molecule has 0 radical (unpaired) electrons. The first-order chi connectivity index (χ1) is 9.78. The largest absolute Gasteiger partial charge is 0.311 e. The molecule has 108 valence electrons. The molecule has 0 aliphatic carbocycles. The Balaban J connectivity index is 1.72. The zero-order chi connectivity index (χ0) is 14.2. The fourth-order valence-electron chi connectivity index (χ4n) is 1.71. The van der Waals surface area contributed by atoms with Gasteiger partial charge in [-0.2, -0.15) is 0 Å². The standard InChI is InChI=1S/C14H19FN4S/c1-2-7-16-10-13-11-19(18-17-13)8-9-20-14-5-3-12(15)4-6-14/h3-6,11,16H,2,7-10H2,1H3. The highest BCUT2D eigenvalue weighted by molar-refractivity contribution is 7.99. The van der Waals surface area contributed by atoms with E-state index in [4.69, 9.17) is 0 Å². The molecule has 0 atom stereocenters. The maximum atomic E-state index is 12.8. The normalized spacial score (nSPS) is 10.9. The Kier molecular flexibility index (Phi) is 6.01. The van der Waals surface area contributed by atoms with Crippen molar-refractivity contribution in [2.75, 3.05) is 12.3 Å². The van der Waals surface area contributed by atoms with Crippen LogP contribution < -0.4 is 5.32 Å². The summed E-state index contributed by atoms with van der Waals surface area (Å²) in [6, 6.07) is 6.55. The summed E-state index contributed by atoms with van der Waals surface area (Å²) in [4.78, 5) is 1.07. The molecule has 1 aromatic carbocycles. The number of aryl methyl sites for hydroxylation is 1. The monoisotopic (exact) mass is 294 g/mol. The SMILES string of the molecule is CCCNCc1cn(CCSc2ccc(F)cc2)nn1. The third kappa shape index (κ3) is 4.94. The third-order valence-corrected chi connectivity index (χ3v) is 3.71. The molecule has 0 saturated carbocycles. The van der Waals surface area contributed by atoms with Gasteiger partial charge in [0.25, 0.3) is 0 Å². The zero-order valence-electron chi connectivity index (χ0n) is 11.6. The van der Waals surface area contributed by atoms with E-state index in [2.05, 4.69) is 22.6 Å². The van der Waals surface area contributed by atoms with Crippen LogP contribution >= 0.6 is 11.8 Å². The zero-order valence-corrected chi connectivity index (χ0v) is 12.4. The first-order valence-electron chi connectivity index (χ1n) is 6.76. The Hall–Kier alpha value is -1.40. The Labute approximate surface area is 122 Å². The quantitative estimate of drug-likeness (QED) is 0.600. The van der Waals surface area contributed by atoms with Crippen molar-refractivity contribution in [3.63, 3.8) is 0 Å². The predicted octanol–water partition coefficient (Wildman–Crippen LogP) is 2.71. The average molecular weight is 294 g/mol. The van der Waals surface area contributed by atoms with E-state index in [1.54, 1.807) is 23.9 Å². The van der Waals surface area contributed by atoms with Gasteiger partial charge in [0.2, 0.25) is 0 Å². The molecule has 0 amide bonds. The van der Waals surface area contributed by atoms with E-state index in [9.17, 15) is 4.39 Å². The number of halogens is 1. The molecule has 4 nitrogen and oxygen atoms in total. The summed E-state index contributed by atoms with van der Waals surface area (Å²) in [6.07, 6.45) is 3.08. The van der Waals surface area contributed by atoms with Gasteiger partial charge in [0.05, 0.1) is 12.2 Å². The van der Waals surface area contributed by atoms with Crippen LogP contribution in [0.3, 0.4) is 0 Å². The van der Waals surface area contributed by atoms with E-state index in [1.165, 1.54) is 12.1 Å². The van der Waals surface area contributed by atoms with Crippen LogP contribution in [-0.2, 0) is 13.1 Å². The molecule has 0 aliphatic rings. The first-order valence-corrected chi connectivity index (χ1v) is 7.74. The number of hydrogen-bond acceptors (Lipinski definition) is 4. The minimum Gasteiger partial charge on any atom is -0.311 e. The second-order valence-electron chi connectivity index (χ2n) is 4.45. The van der Waals surface area contributed by atoms with E-state index >= 15 is 0 Å². The third-order valence-electron chi connectivity index (χ3n) is 2.72. The number of aromatic nitrogens is 3. The van der Waals surface area contributed by atoms with Crippen LogP contribution in [-0.4, -0.2) is 27.3 Å². The molecule has 1 heterocycles. The summed E-state index contributed by atoms with van der Waals surface area (Å²) in [5.41, 5.74) is 0.963. The van der Waals surface area contributed by atoms with Gasteiger partial charge in [-0.3, -0.25) is 4.68 Å². The minimum atomic E-state index is -0.199. The van der Waals surface area contributed by atoms with E-state index in [0.717, 1.165) is 42.4 Å². The van der Waals surface area contributed by atoms with Crippen molar-refractivity contribution < 1.29 is 4.39 Å². The first kappa shape index (κ1) is 15.0. The number of rotatable bonds is 8. The number of benzene rings is 1. The van der Waals surface area contributed by atoms with Crippen LogP contribution in [0.15, 0.2) is 35.4 Å². The maximum absolute atomic E-state index is 12.8.